The summed E-state index contributed by atoms with van der Waals surface area (Å²) in [6.07, 6.45) is -11.1. The van der Waals surface area contributed by atoms with Crippen molar-refractivity contribution >= 4 is 0 Å². The van der Waals surface area contributed by atoms with E-state index >= 15 is 0 Å². The van der Waals surface area contributed by atoms with Crippen LogP contribution in [0.5, 0.6) is 0 Å². The molecule has 21 heavy (non-hydrogen) atoms. The van der Waals surface area contributed by atoms with Crippen molar-refractivity contribution in [3.05, 3.63) is 32.6 Å². The maximum atomic E-state index is 12.6. The van der Waals surface area contributed by atoms with Gasteiger partial charge in [0.1, 0.15) is 23.9 Å². The Morgan fingerprint density at radius 2 is 1.90 bits per heavy atom. The van der Waals surface area contributed by atoms with Gasteiger partial charge < -0.3 is 20.1 Å². The monoisotopic (exact) mass is 312 g/mol. The van der Waals surface area contributed by atoms with Crippen LogP contribution in [0, 0.1) is 0 Å². The molecule has 11 heteroatoms. The van der Waals surface area contributed by atoms with E-state index < -0.39 is 54.1 Å². The van der Waals surface area contributed by atoms with Crippen LogP contribution in [0.3, 0.4) is 0 Å². The number of aliphatic hydroxyl groups excluding tert-OH is 3. The van der Waals surface area contributed by atoms with Crippen molar-refractivity contribution in [2.24, 2.45) is 0 Å². The average molecular weight is 312 g/mol. The molecule has 1 aromatic heterocycles. The molecule has 0 radical (unpaired) electrons. The zero-order chi connectivity index (χ0) is 15.9. The van der Waals surface area contributed by atoms with E-state index in [2.05, 4.69) is 0 Å². The van der Waals surface area contributed by atoms with E-state index in [1.165, 1.54) is 4.98 Å². The van der Waals surface area contributed by atoms with Gasteiger partial charge in [-0.25, -0.2) is 4.79 Å². The van der Waals surface area contributed by atoms with E-state index in [-0.39, 0.29) is 6.20 Å². The van der Waals surface area contributed by atoms with Gasteiger partial charge >= 0.3 is 11.9 Å². The third-order valence-corrected chi connectivity index (χ3v) is 3.06. The summed E-state index contributed by atoms with van der Waals surface area (Å²) in [5.74, 6) is 0. The lowest BCUT2D eigenvalue weighted by atomic mass is 10.1. The minimum atomic E-state index is -5.01. The third kappa shape index (κ3) is 2.72. The van der Waals surface area contributed by atoms with Crippen molar-refractivity contribution in [2.75, 3.05) is 6.61 Å². The Bertz CT molecular complexity index is 639. The van der Waals surface area contributed by atoms with Crippen molar-refractivity contribution in [1.29, 1.82) is 0 Å². The van der Waals surface area contributed by atoms with E-state index in [0.29, 0.717) is 4.57 Å². The Labute approximate surface area is 114 Å². The number of alkyl halides is 3. The van der Waals surface area contributed by atoms with Crippen LogP contribution < -0.4 is 11.2 Å². The second-order valence-corrected chi connectivity index (χ2v) is 4.44. The van der Waals surface area contributed by atoms with E-state index in [9.17, 15) is 33.0 Å². The summed E-state index contributed by atoms with van der Waals surface area (Å²) < 4.78 is 43.2. The molecule has 0 unspecified atom stereocenters. The molecule has 1 saturated heterocycles. The summed E-state index contributed by atoms with van der Waals surface area (Å²) >= 11 is 0. The molecule has 0 amide bonds. The summed E-state index contributed by atoms with van der Waals surface area (Å²) in [5, 5.41) is 28.1. The Morgan fingerprint density at radius 3 is 2.38 bits per heavy atom. The topological polar surface area (TPSA) is 125 Å². The Kier molecular flexibility index (Phi) is 3.93. The van der Waals surface area contributed by atoms with Crippen molar-refractivity contribution in [1.82, 2.24) is 9.55 Å². The number of halogens is 3. The van der Waals surface area contributed by atoms with Gasteiger partial charge in [0.2, 0.25) is 0 Å². The van der Waals surface area contributed by atoms with Crippen molar-refractivity contribution in [2.45, 2.75) is 30.7 Å². The van der Waals surface area contributed by atoms with Gasteiger partial charge in [-0.05, 0) is 0 Å². The van der Waals surface area contributed by atoms with Gasteiger partial charge in [-0.3, -0.25) is 14.3 Å². The number of aromatic nitrogens is 2. The van der Waals surface area contributed by atoms with E-state index in [4.69, 9.17) is 9.84 Å². The molecule has 1 fully saturated rings. The first kappa shape index (κ1) is 15.7. The highest BCUT2D eigenvalue weighted by Gasteiger charge is 2.44. The zero-order valence-corrected chi connectivity index (χ0v) is 10.2. The number of rotatable bonds is 2. The van der Waals surface area contributed by atoms with E-state index in [1.54, 1.807) is 0 Å². The zero-order valence-electron chi connectivity index (χ0n) is 10.2. The standard InChI is InChI=1S/C10H11F3N2O6/c11-10(12,13)3-1-15(9(20)14-7(3)19)8-6(18)5(17)4(2-16)21-8/h1,4-6,8,16-18H,2H2,(H,14,19,20)/t4-,5+,6-,8-/m1/s1. The first-order valence-electron chi connectivity index (χ1n) is 5.72. The molecule has 4 N–H and O–H groups in total. The predicted molar refractivity (Wildman–Crippen MR) is 59.3 cm³/mol. The number of hydrogen-bond acceptors (Lipinski definition) is 6. The van der Waals surface area contributed by atoms with Gasteiger partial charge in [0.25, 0.3) is 5.56 Å². The maximum absolute atomic E-state index is 12.6. The molecule has 0 aromatic carbocycles. The maximum Gasteiger partial charge on any atom is 0.423 e. The normalized spacial score (nSPS) is 29.8. The number of ether oxygens (including phenoxy) is 1. The Hall–Kier alpha value is -1.69. The third-order valence-electron chi connectivity index (χ3n) is 3.06. The Morgan fingerprint density at radius 1 is 1.29 bits per heavy atom. The first-order chi connectivity index (χ1) is 9.66. The van der Waals surface area contributed by atoms with Crippen LogP contribution in [-0.2, 0) is 10.9 Å². The fraction of sp³-hybridized carbons (Fsp3) is 0.600. The summed E-state index contributed by atoms with van der Waals surface area (Å²) in [5.41, 5.74) is -4.53. The van der Waals surface area contributed by atoms with Crippen LogP contribution in [0.15, 0.2) is 15.8 Å². The van der Waals surface area contributed by atoms with Gasteiger partial charge in [-0.2, -0.15) is 13.2 Å². The number of aliphatic hydroxyl groups is 3. The molecule has 118 valence electrons. The fourth-order valence-corrected chi connectivity index (χ4v) is 1.99. The lowest BCUT2D eigenvalue weighted by molar-refractivity contribution is -0.140. The number of aromatic amines is 1. The lowest BCUT2D eigenvalue weighted by Crippen LogP contribution is -2.40. The molecule has 1 aliphatic heterocycles. The molecule has 1 aliphatic rings. The molecule has 8 nitrogen and oxygen atoms in total. The van der Waals surface area contributed by atoms with Crippen molar-refractivity contribution in [3.63, 3.8) is 0 Å². The number of nitrogens with zero attached hydrogens (tertiary/aromatic N) is 1. The molecule has 1 aromatic rings. The fourth-order valence-electron chi connectivity index (χ4n) is 1.99. The van der Waals surface area contributed by atoms with Gasteiger partial charge in [-0.15, -0.1) is 0 Å². The predicted octanol–water partition coefficient (Wildman–Crippen LogP) is -1.83. The number of H-pyrrole nitrogens is 1. The van der Waals surface area contributed by atoms with Gasteiger partial charge in [0.15, 0.2) is 6.23 Å². The second kappa shape index (κ2) is 5.26. The van der Waals surface area contributed by atoms with Gasteiger partial charge in [0, 0.05) is 6.20 Å². The largest absolute Gasteiger partial charge is 0.423 e. The lowest BCUT2D eigenvalue weighted by Gasteiger charge is -2.18. The van der Waals surface area contributed by atoms with Crippen LogP contribution >= 0.6 is 0 Å². The molecule has 2 rings (SSSR count). The minimum Gasteiger partial charge on any atom is -0.394 e. The van der Waals surface area contributed by atoms with Crippen LogP contribution in [-0.4, -0.2) is 49.8 Å². The van der Waals surface area contributed by atoms with Crippen molar-refractivity contribution in [3.8, 4) is 0 Å². The summed E-state index contributed by atoms with van der Waals surface area (Å²) in [6, 6.07) is 0. The SMILES string of the molecule is O=c1[nH]c(=O)n([C@@H]2O[C@H](CO)[C@H](O)[C@H]2O)cc1C(F)(F)F. The highest BCUT2D eigenvalue weighted by molar-refractivity contribution is 5.10. The first-order valence-corrected chi connectivity index (χ1v) is 5.72. The Balaban J connectivity index is 2.50. The molecule has 0 bridgehead atoms. The number of nitrogens with one attached hydrogen (secondary N) is 1. The molecule has 0 spiro atoms. The number of hydrogen-bond donors (Lipinski definition) is 4. The van der Waals surface area contributed by atoms with E-state index in [1.807, 2.05) is 0 Å². The minimum absolute atomic E-state index is 0.196. The molecular weight excluding hydrogens is 301 g/mol. The quantitative estimate of drug-likeness (QED) is 0.509. The van der Waals surface area contributed by atoms with Crippen LogP contribution in [0.4, 0.5) is 13.2 Å². The summed E-state index contributed by atoms with van der Waals surface area (Å²) in [6.45, 7) is -0.709. The molecule has 0 aliphatic carbocycles. The van der Waals surface area contributed by atoms with Crippen LogP contribution in [0.1, 0.15) is 11.8 Å². The molecule has 2 heterocycles. The smallest absolute Gasteiger partial charge is 0.394 e. The van der Waals surface area contributed by atoms with E-state index in [0.717, 1.165) is 0 Å². The molecule has 4 atom stereocenters. The molecular formula is C10H11F3N2O6. The average Bonchev–Trinajstić information content (AvgIpc) is 2.65. The van der Waals surface area contributed by atoms with Crippen LogP contribution in [0.25, 0.3) is 0 Å². The highest BCUT2D eigenvalue weighted by Crippen LogP contribution is 2.30. The van der Waals surface area contributed by atoms with Gasteiger partial charge in [0.05, 0.1) is 6.61 Å². The van der Waals surface area contributed by atoms with Crippen LogP contribution in [0.2, 0.25) is 0 Å². The highest BCUT2D eigenvalue weighted by atomic mass is 19.4. The second-order valence-electron chi connectivity index (χ2n) is 4.44. The summed E-state index contributed by atoms with van der Waals surface area (Å²) in [4.78, 5) is 24.2. The van der Waals surface area contributed by atoms with Crippen molar-refractivity contribution < 1.29 is 33.2 Å². The summed E-state index contributed by atoms with van der Waals surface area (Å²) in [7, 11) is 0. The molecule has 0 saturated carbocycles. The van der Waals surface area contributed by atoms with Gasteiger partial charge in [-0.1, -0.05) is 0 Å².